The molecule has 0 saturated carbocycles. The average molecular weight is 396 g/mol. The molecule has 0 unspecified atom stereocenters. The molecule has 2 heterocycles. The standard InChI is InChI=1S/C18H25FN4O3S/c1-13-7-8-14(11-16(13)19)18-20-17(26-21-18)6-4-10-23-9-3-5-15(12-23)22-27(2,24)25/h7-8,11,15,22H,3-6,9-10,12H2,1-2H3/t15-/m1/s1. The summed E-state index contributed by atoms with van der Waals surface area (Å²) in [6.45, 7) is 4.21. The Morgan fingerprint density at radius 1 is 1.41 bits per heavy atom. The van der Waals surface area contributed by atoms with Gasteiger partial charge in [-0.25, -0.2) is 17.5 Å². The number of aryl methyl sites for hydroxylation is 2. The van der Waals surface area contributed by atoms with Gasteiger partial charge >= 0.3 is 0 Å². The van der Waals surface area contributed by atoms with Gasteiger partial charge in [0.15, 0.2) is 0 Å². The molecular formula is C18H25FN4O3S. The zero-order valence-electron chi connectivity index (χ0n) is 15.6. The molecule has 0 amide bonds. The number of benzene rings is 1. The Balaban J connectivity index is 1.49. The summed E-state index contributed by atoms with van der Waals surface area (Å²) in [7, 11) is -3.18. The molecule has 1 aliphatic heterocycles. The smallest absolute Gasteiger partial charge is 0.227 e. The van der Waals surface area contributed by atoms with E-state index in [1.54, 1.807) is 19.1 Å². The van der Waals surface area contributed by atoms with E-state index in [0.29, 0.717) is 35.8 Å². The number of nitrogens with zero attached hydrogens (tertiary/aromatic N) is 3. The molecule has 1 N–H and O–H groups in total. The van der Waals surface area contributed by atoms with Gasteiger partial charge in [-0.3, -0.25) is 0 Å². The lowest BCUT2D eigenvalue weighted by molar-refractivity contribution is 0.198. The zero-order valence-corrected chi connectivity index (χ0v) is 16.4. The monoisotopic (exact) mass is 396 g/mol. The van der Waals surface area contributed by atoms with Crippen LogP contribution in [-0.2, 0) is 16.4 Å². The molecule has 27 heavy (non-hydrogen) atoms. The van der Waals surface area contributed by atoms with Crippen molar-refractivity contribution in [1.29, 1.82) is 0 Å². The van der Waals surface area contributed by atoms with E-state index >= 15 is 0 Å². The molecular weight excluding hydrogens is 371 g/mol. The van der Waals surface area contributed by atoms with Crippen LogP contribution in [0.1, 0.15) is 30.7 Å². The predicted octanol–water partition coefficient (Wildman–Crippen LogP) is 2.13. The number of rotatable bonds is 7. The van der Waals surface area contributed by atoms with Gasteiger partial charge in [-0.1, -0.05) is 17.3 Å². The largest absolute Gasteiger partial charge is 0.339 e. The number of hydrogen-bond donors (Lipinski definition) is 1. The van der Waals surface area contributed by atoms with E-state index in [4.69, 9.17) is 4.52 Å². The van der Waals surface area contributed by atoms with E-state index in [1.807, 2.05) is 0 Å². The summed E-state index contributed by atoms with van der Waals surface area (Å²) in [6.07, 6.45) is 4.48. The van der Waals surface area contributed by atoms with Gasteiger partial charge in [0.2, 0.25) is 21.7 Å². The molecule has 1 atom stereocenters. The lowest BCUT2D eigenvalue weighted by atomic mass is 10.1. The molecule has 7 nitrogen and oxygen atoms in total. The quantitative estimate of drug-likeness (QED) is 0.771. The summed E-state index contributed by atoms with van der Waals surface area (Å²) in [5.74, 6) is 0.620. The first-order valence-electron chi connectivity index (χ1n) is 9.09. The van der Waals surface area contributed by atoms with Crippen molar-refractivity contribution in [2.75, 3.05) is 25.9 Å². The molecule has 0 radical (unpaired) electrons. The summed E-state index contributed by atoms with van der Waals surface area (Å²) in [4.78, 5) is 6.59. The van der Waals surface area contributed by atoms with Gasteiger partial charge in [0, 0.05) is 24.6 Å². The highest BCUT2D eigenvalue weighted by molar-refractivity contribution is 7.88. The molecule has 1 saturated heterocycles. The summed E-state index contributed by atoms with van der Waals surface area (Å²) >= 11 is 0. The van der Waals surface area contributed by atoms with Gasteiger partial charge in [-0.15, -0.1) is 0 Å². The molecule has 9 heteroatoms. The van der Waals surface area contributed by atoms with Crippen molar-refractivity contribution in [1.82, 2.24) is 19.8 Å². The van der Waals surface area contributed by atoms with Gasteiger partial charge in [-0.05, 0) is 50.9 Å². The molecule has 0 bridgehead atoms. The van der Waals surface area contributed by atoms with Crippen molar-refractivity contribution in [3.05, 3.63) is 35.5 Å². The van der Waals surface area contributed by atoms with E-state index < -0.39 is 10.0 Å². The molecule has 1 aromatic carbocycles. The Labute approximate surface area is 159 Å². The first-order chi connectivity index (χ1) is 12.8. The van der Waals surface area contributed by atoms with E-state index in [0.717, 1.165) is 32.4 Å². The van der Waals surface area contributed by atoms with Crippen LogP contribution in [0.2, 0.25) is 0 Å². The van der Waals surface area contributed by atoms with Crippen LogP contribution >= 0.6 is 0 Å². The van der Waals surface area contributed by atoms with Crippen molar-refractivity contribution in [3.63, 3.8) is 0 Å². The maximum atomic E-state index is 13.7. The van der Waals surface area contributed by atoms with Crippen LogP contribution in [0, 0.1) is 12.7 Å². The SMILES string of the molecule is Cc1ccc(-c2noc(CCCN3CCC[C@@H](NS(C)(=O)=O)C3)n2)cc1F. The second-order valence-electron chi connectivity index (χ2n) is 7.11. The van der Waals surface area contributed by atoms with Crippen molar-refractivity contribution in [2.45, 2.75) is 38.6 Å². The van der Waals surface area contributed by atoms with Crippen LogP contribution in [0.5, 0.6) is 0 Å². The minimum atomic E-state index is -3.18. The van der Waals surface area contributed by atoms with Gasteiger partial charge < -0.3 is 9.42 Å². The topological polar surface area (TPSA) is 88.3 Å². The predicted molar refractivity (Wildman–Crippen MR) is 100 cm³/mol. The molecule has 1 aliphatic rings. The third-order valence-corrected chi connectivity index (χ3v) is 5.41. The van der Waals surface area contributed by atoms with Gasteiger partial charge in [0.05, 0.1) is 6.26 Å². The normalized spacial score (nSPS) is 18.7. The molecule has 0 aliphatic carbocycles. The van der Waals surface area contributed by atoms with Crippen LogP contribution in [0.3, 0.4) is 0 Å². The van der Waals surface area contributed by atoms with E-state index in [2.05, 4.69) is 19.8 Å². The number of piperidine rings is 1. The number of nitrogens with one attached hydrogen (secondary N) is 1. The van der Waals surface area contributed by atoms with Crippen LogP contribution in [0.25, 0.3) is 11.4 Å². The molecule has 148 valence electrons. The van der Waals surface area contributed by atoms with Gasteiger partial charge in [0.1, 0.15) is 5.82 Å². The fourth-order valence-electron chi connectivity index (χ4n) is 3.32. The number of hydrogen-bond acceptors (Lipinski definition) is 6. The number of likely N-dealkylation sites (tertiary alicyclic amines) is 1. The van der Waals surface area contributed by atoms with Crippen LogP contribution in [0.15, 0.2) is 22.7 Å². The Kier molecular flexibility index (Phi) is 6.23. The summed E-state index contributed by atoms with van der Waals surface area (Å²) in [5, 5.41) is 3.93. The first kappa shape index (κ1) is 19.9. The lowest BCUT2D eigenvalue weighted by Gasteiger charge is -2.32. The molecule has 1 fully saturated rings. The van der Waals surface area contributed by atoms with Gasteiger partial charge in [0.25, 0.3) is 0 Å². The Bertz CT molecular complexity index is 884. The van der Waals surface area contributed by atoms with Crippen LogP contribution < -0.4 is 4.72 Å². The lowest BCUT2D eigenvalue weighted by Crippen LogP contribution is -2.47. The number of aromatic nitrogens is 2. The molecule has 1 aromatic heterocycles. The van der Waals surface area contributed by atoms with E-state index in [-0.39, 0.29) is 11.9 Å². The minimum Gasteiger partial charge on any atom is -0.339 e. The Morgan fingerprint density at radius 2 is 2.22 bits per heavy atom. The second-order valence-corrected chi connectivity index (χ2v) is 8.89. The number of halogens is 1. The molecule has 3 rings (SSSR count). The first-order valence-corrected chi connectivity index (χ1v) is 11.0. The second kappa shape index (κ2) is 8.45. The Hall–Kier alpha value is -1.84. The fourth-order valence-corrected chi connectivity index (χ4v) is 4.11. The molecule has 2 aromatic rings. The Morgan fingerprint density at radius 3 is 2.96 bits per heavy atom. The maximum absolute atomic E-state index is 13.7. The third kappa shape index (κ3) is 5.82. The highest BCUT2D eigenvalue weighted by Gasteiger charge is 2.22. The summed E-state index contributed by atoms with van der Waals surface area (Å²) in [5.41, 5.74) is 1.17. The van der Waals surface area contributed by atoms with Crippen molar-refractivity contribution in [2.24, 2.45) is 0 Å². The van der Waals surface area contributed by atoms with Crippen molar-refractivity contribution < 1.29 is 17.3 Å². The highest BCUT2D eigenvalue weighted by atomic mass is 32.2. The van der Waals surface area contributed by atoms with Crippen LogP contribution in [0.4, 0.5) is 4.39 Å². The van der Waals surface area contributed by atoms with Crippen LogP contribution in [-0.4, -0.2) is 55.4 Å². The summed E-state index contributed by atoms with van der Waals surface area (Å²) < 4.78 is 44.4. The highest BCUT2D eigenvalue weighted by Crippen LogP contribution is 2.19. The van der Waals surface area contributed by atoms with Gasteiger partial charge in [-0.2, -0.15) is 4.98 Å². The van der Waals surface area contributed by atoms with Crippen molar-refractivity contribution in [3.8, 4) is 11.4 Å². The molecule has 0 spiro atoms. The van der Waals surface area contributed by atoms with Crippen molar-refractivity contribution >= 4 is 10.0 Å². The summed E-state index contributed by atoms with van der Waals surface area (Å²) in [6, 6.07) is 4.85. The van der Waals surface area contributed by atoms with E-state index in [9.17, 15) is 12.8 Å². The maximum Gasteiger partial charge on any atom is 0.227 e. The third-order valence-electron chi connectivity index (χ3n) is 4.65. The zero-order chi connectivity index (χ0) is 19.4. The fraction of sp³-hybridized carbons (Fsp3) is 0.556. The number of sulfonamides is 1. The minimum absolute atomic E-state index is 0.0276. The average Bonchev–Trinajstić information content (AvgIpc) is 3.05. The van der Waals surface area contributed by atoms with E-state index in [1.165, 1.54) is 12.3 Å².